The van der Waals surface area contributed by atoms with Crippen LogP contribution in [0, 0.1) is 0 Å². The van der Waals surface area contributed by atoms with E-state index in [1.807, 2.05) is 32.9 Å². The Labute approximate surface area is 238 Å². The van der Waals surface area contributed by atoms with Gasteiger partial charge in [-0.15, -0.1) is 0 Å². The average molecular weight is 553 g/mol. The zero-order chi connectivity index (χ0) is 28.5. The lowest BCUT2D eigenvalue weighted by molar-refractivity contribution is -0.143. The number of nitrogens with zero attached hydrogens (tertiary/aromatic N) is 2. The quantitative estimate of drug-likeness (QED) is 0.361. The number of anilines is 1. The van der Waals surface area contributed by atoms with Crippen molar-refractivity contribution in [1.29, 1.82) is 0 Å². The van der Waals surface area contributed by atoms with E-state index in [4.69, 9.17) is 19.2 Å². The van der Waals surface area contributed by atoms with Crippen LogP contribution in [0.3, 0.4) is 0 Å². The molecule has 0 radical (unpaired) electrons. The Morgan fingerprint density at radius 1 is 1.15 bits per heavy atom. The first-order valence-corrected chi connectivity index (χ1v) is 14.6. The van der Waals surface area contributed by atoms with Gasteiger partial charge in [0.1, 0.15) is 17.2 Å². The number of aromatic nitrogens is 1. The highest BCUT2D eigenvalue weighted by Gasteiger charge is 2.24. The second-order valence-corrected chi connectivity index (χ2v) is 11.4. The van der Waals surface area contributed by atoms with Gasteiger partial charge in [-0.3, -0.25) is 4.79 Å². The molecule has 40 heavy (non-hydrogen) atoms. The molecule has 0 saturated heterocycles. The lowest BCUT2D eigenvalue weighted by Crippen LogP contribution is -2.42. The van der Waals surface area contributed by atoms with Crippen molar-refractivity contribution in [1.82, 2.24) is 15.2 Å². The fourth-order valence-electron chi connectivity index (χ4n) is 5.05. The molecule has 2 aliphatic rings. The Morgan fingerprint density at radius 2 is 1.98 bits per heavy atom. The van der Waals surface area contributed by atoms with Gasteiger partial charge in [0.05, 0.1) is 19.6 Å². The number of hydrogen-bond acceptors (Lipinski definition) is 8. The van der Waals surface area contributed by atoms with Crippen molar-refractivity contribution >= 4 is 17.9 Å². The Kier molecular flexibility index (Phi) is 10.3. The van der Waals surface area contributed by atoms with Gasteiger partial charge in [-0.05, 0) is 82.2 Å². The molecule has 218 valence electrons. The fourth-order valence-corrected chi connectivity index (χ4v) is 5.05. The van der Waals surface area contributed by atoms with Gasteiger partial charge in [-0.1, -0.05) is 18.2 Å². The molecule has 1 aromatic carbocycles. The number of fused-ring (bicyclic) bond motifs is 2. The highest BCUT2D eigenvalue weighted by Crippen LogP contribution is 2.30. The van der Waals surface area contributed by atoms with E-state index < -0.39 is 5.60 Å². The van der Waals surface area contributed by atoms with Crippen LogP contribution >= 0.6 is 0 Å². The first-order valence-electron chi connectivity index (χ1n) is 14.6. The van der Waals surface area contributed by atoms with Crippen LogP contribution in [0.15, 0.2) is 30.3 Å². The first-order chi connectivity index (χ1) is 19.2. The van der Waals surface area contributed by atoms with Gasteiger partial charge in [0.2, 0.25) is 0 Å². The zero-order valence-corrected chi connectivity index (χ0v) is 24.4. The van der Waals surface area contributed by atoms with Crippen LogP contribution in [0.25, 0.3) is 0 Å². The molecule has 4 rings (SSSR count). The van der Waals surface area contributed by atoms with Crippen LogP contribution in [0.2, 0.25) is 0 Å². The first kappa shape index (κ1) is 29.6. The maximum absolute atomic E-state index is 13.1. The number of carbonyl (C=O) groups excluding carboxylic acids is 2. The highest BCUT2D eigenvalue weighted by atomic mass is 16.6. The van der Waals surface area contributed by atoms with E-state index in [0.29, 0.717) is 32.8 Å². The second kappa shape index (κ2) is 13.8. The summed E-state index contributed by atoms with van der Waals surface area (Å²) in [6.07, 6.45) is 4.47. The maximum atomic E-state index is 13.1. The third-order valence-corrected chi connectivity index (χ3v) is 7.04. The van der Waals surface area contributed by atoms with Gasteiger partial charge in [0.15, 0.2) is 0 Å². The predicted octanol–water partition coefficient (Wildman–Crippen LogP) is 4.83. The molecular formula is C31H44N4O5. The third-order valence-electron chi connectivity index (χ3n) is 7.04. The molecule has 2 N–H and O–H groups in total. The standard InChI is InChI=1S/C31H44N4O5/c1-5-38-28(36)21-26(24-11-10-22-14-19-39-27(22)20-24)32-16-18-35(30(37)40-31(2,3)4)17-7-9-25-13-12-23-8-6-15-33-29(23)34-25/h10-13,20,26,32H,5-9,14-19,21H2,1-4H3,(H,33,34)/t26-/m0/s1. The van der Waals surface area contributed by atoms with Crippen molar-refractivity contribution in [2.24, 2.45) is 0 Å². The van der Waals surface area contributed by atoms with E-state index in [1.54, 1.807) is 11.8 Å². The largest absolute Gasteiger partial charge is 0.493 e. The van der Waals surface area contributed by atoms with Crippen LogP contribution in [-0.2, 0) is 33.5 Å². The van der Waals surface area contributed by atoms with Gasteiger partial charge in [-0.25, -0.2) is 9.78 Å². The molecule has 2 aromatic rings. The van der Waals surface area contributed by atoms with Gasteiger partial charge < -0.3 is 29.7 Å². The van der Waals surface area contributed by atoms with Crippen molar-refractivity contribution in [3.8, 4) is 5.75 Å². The summed E-state index contributed by atoms with van der Waals surface area (Å²) in [6, 6.07) is 10.1. The molecule has 2 aliphatic heterocycles. The van der Waals surface area contributed by atoms with Gasteiger partial charge in [0, 0.05) is 44.3 Å². The van der Waals surface area contributed by atoms with Gasteiger partial charge in [-0.2, -0.15) is 0 Å². The minimum atomic E-state index is -0.592. The van der Waals surface area contributed by atoms with Crippen molar-refractivity contribution < 1.29 is 23.8 Å². The third kappa shape index (κ3) is 8.58. The summed E-state index contributed by atoms with van der Waals surface area (Å²) in [4.78, 5) is 32.0. The number of aryl methyl sites for hydroxylation is 2. The lowest BCUT2D eigenvalue weighted by Gasteiger charge is -2.28. The predicted molar refractivity (Wildman–Crippen MR) is 155 cm³/mol. The molecule has 0 aliphatic carbocycles. The summed E-state index contributed by atoms with van der Waals surface area (Å²) in [7, 11) is 0. The summed E-state index contributed by atoms with van der Waals surface area (Å²) >= 11 is 0. The summed E-state index contributed by atoms with van der Waals surface area (Å²) in [6.45, 7) is 10.9. The van der Waals surface area contributed by atoms with Crippen molar-refractivity contribution in [3.63, 3.8) is 0 Å². The number of hydrogen-bond donors (Lipinski definition) is 2. The lowest BCUT2D eigenvalue weighted by atomic mass is 10.0. The molecule has 1 atom stereocenters. The molecule has 0 bridgehead atoms. The molecule has 0 unspecified atom stereocenters. The van der Waals surface area contributed by atoms with Crippen molar-refractivity contribution in [2.45, 2.75) is 77.9 Å². The number of pyridine rings is 1. The SMILES string of the molecule is CCOC(=O)C[C@H](NCCN(CCCc1ccc2c(n1)NCCC2)C(=O)OC(C)(C)C)c1ccc2c(c1)OCC2. The number of nitrogens with one attached hydrogen (secondary N) is 2. The molecule has 0 fully saturated rings. The number of ether oxygens (including phenoxy) is 3. The van der Waals surface area contributed by atoms with Crippen LogP contribution < -0.4 is 15.4 Å². The molecule has 3 heterocycles. The van der Waals surface area contributed by atoms with E-state index in [9.17, 15) is 9.59 Å². The summed E-state index contributed by atoms with van der Waals surface area (Å²) in [5.41, 5.74) is 3.83. The summed E-state index contributed by atoms with van der Waals surface area (Å²) < 4.78 is 16.7. The Balaban J connectivity index is 1.38. The number of benzene rings is 1. The molecule has 9 nitrogen and oxygen atoms in total. The van der Waals surface area contributed by atoms with E-state index in [1.165, 1.54) is 11.1 Å². The molecule has 9 heteroatoms. The van der Waals surface area contributed by atoms with E-state index in [-0.39, 0.29) is 24.5 Å². The fraction of sp³-hybridized carbons (Fsp3) is 0.581. The maximum Gasteiger partial charge on any atom is 0.410 e. The van der Waals surface area contributed by atoms with E-state index in [0.717, 1.165) is 61.5 Å². The minimum absolute atomic E-state index is 0.192. The van der Waals surface area contributed by atoms with Crippen LogP contribution in [0.1, 0.15) is 75.4 Å². The number of amides is 1. The van der Waals surface area contributed by atoms with Gasteiger partial charge >= 0.3 is 12.1 Å². The molecule has 1 amide bonds. The van der Waals surface area contributed by atoms with Crippen LogP contribution in [-0.4, -0.2) is 66.9 Å². The molecule has 0 saturated carbocycles. The van der Waals surface area contributed by atoms with E-state index in [2.05, 4.69) is 28.8 Å². The van der Waals surface area contributed by atoms with Crippen molar-refractivity contribution in [3.05, 3.63) is 52.7 Å². The monoisotopic (exact) mass is 552 g/mol. The minimum Gasteiger partial charge on any atom is -0.493 e. The Morgan fingerprint density at radius 3 is 2.77 bits per heavy atom. The zero-order valence-electron chi connectivity index (χ0n) is 24.4. The molecule has 1 aromatic heterocycles. The highest BCUT2D eigenvalue weighted by molar-refractivity contribution is 5.70. The smallest absolute Gasteiger partial charge is 0.410 e. The number of carbonyl (C=O) groups is 2. The Hall–Kier alpha value is -3.33. The second-order valence-electron chi connectivity index (χ2n) is 11.4. The number of rotatable bonds is 12. The molecule has 0 spiro atoms. The Bertz CT molecular complexity index is 1160. The topological polar surface area (TPSA) is 102 Å². The molecular weight excluding hydrogens is 508 g/mol. The van der Waals surface area contributed by atoms with Crippen LogP contribution in [0.5, 0.6) is 5.75 Å². The normalized spacial score (nSPS) is 14.8. The average Bonchev–Trinajstić information content (AvgIpc) is 3.39. The van der Waals surface area contributed by atoms with Gasteiger partial charge in [0.25, 0.3) is 0 Å². The van der Waals surface area contributed by atoms with Crippen molar-refractivity contribution in [2.75, 3.05) is 44.7 Å². The van der Waals surface area contributed by atoms with E-state index >= 15 is 0 Å². The summed E-state index contributed by atoms with van der Waals surface area (Å²) in [5, 5.41) is 6.87. The summed E-state index contributed by atoms with van der Waals surface area (Å²) in [5.74, 6) is 1.59. The van der Waals surface area contributed by atoms with Crippen LogP contribution in [0.4, 0.5) is 10.6 Å². The number of esters is 1.